The first kappa shape index (κ1) is 7.45. The van der Waals surface area contributed by atoms with Gasteiger partial charge in [0, 0.05) is 12.1 Å². The highest BCUT2D eigenvalue weighted by molar-refractivity contribution is 5.25. The average molecular weight is 167 g/mol. The largest absolute Gasteiger partial charge is 0.370 e. The quantitative estimate of drug-likeness (QED) is 0.577. The standard InChI is InChI=1S/C7H9N3O2/c8-1-5-4-2-12-3-6(4)10-7(11)9-5/h1-3,8H2,(H,9,10,11). The van der Waals surface area contributed by atoms with Crippen LogP contribution in [0.4, 0.5) is 0 Å². The number of aromatic nitrogens is 2. The van der Waals surface area contributed by atoms with Gasteiger partial charge in [-0.05, 0) is 0 Å². The molecule has 1 aliphatic rings. The SMILES string of the molecule is NCc1nc(=O)[nH]c2c1COC2. The highest BCUT2D eigenvalue weighted by atomic mass is 16.5. The minimum atomic E-state index is -0.347. The molecule has 0 aliphatic carbocycles. The Balaban J connectivity index is 2.62. The van der Waals surface area contributed by atoms with E-state index in [1.165, 1.54) is 0 Å². The van der Waals surface area contributed by atoms with Crippen LogP contribution in [-0.4, -0.2) is 9.97 Å². The van der Waals surface area contributed by atoms with E-state index in [9.17, 15) is 4.79 Å². The summed E-state index contributed by atoms with van der Waals surface area (Å²) >= 11 is 0. The Hall–Kier alpha value is -1.20. The third-order valence-electron chi connectivity index (χ3n) is 1.89. The number of aromatic amines is 1. The minimum absolute atomic E-state index is 0.287. The number of rotatable bonds is 1. The fourth-order valence-electron chi connectivity index (χ4n) is 1.31. The van der Waals surface area contributed by atoms with Gasteiger partial charge in [-0.15, -0.1) is 0 Å². The van der Waals surface area contributed by atoms with Gasteiger partial charge in [-0.2, -0.15) is 4.98 Å². The van der Waals surface area contributed by atoms with Crippen molar-refractivity contribution in [2.75, 3.05) is 0 Å². The lowest BCUT2D eigenvalue weighted by Crippen LogP contribution is -2.18. The molecule has 2 heterocycles. The molecule has 0 amide bonds. The second kappa shape index (κ2) is 2.69. The van der Waals surface area contributed by atoms with Crippen molar-refractivity contribution in [3.05, 3.63) is 27.4 Å². The molecule has 1 aromatic heterocycles. The molecule has 0 radical (unpaired) electrons. The van der Waals surface area contributed by atoms with Gasteiger partial charge in [0.1, 0.15) is 0 Å². The summed E-state index contributed by atoms with van der Waals surface area (Å²) in [5.74, 6) is 0. The maximum Gasteiger partial charge on any atom is 0.345 e. The average Bonchev–Trinajstić information content (AvgIpc) is 2.50. The number of hydrogen-bond acceptors (Lipinski definition) is 4. The summed E-state index contributed by atoms with van der Waals surface area (Å²) < 4.78 is 5.15. The van der Waals surface area contributed by atoms with E-state index in [1.54, 1.807) is 0 Å². The summed E-state index contributed by atoms with van der Waals surface area (Å²) in [5.41, 5.74) is 7.48. The summed E-state index contributed by atoms with van der Waals surface area (Å²) in [4.78, 5) is 17.3. The van der Waals surface area contributed by atoms with E-state index in [4.69, 9.17) is 10.5 Å². The molecule has 64 valence electrons. The van der Waals surface area contributed by atoms with E-state index in [0.29, 0.717) is 18.9 Å². The van der Waals surface area contributed by atoms with Crippen LogP contribution in [0.5, 0.6) is 0 Å². The van der Waals surface area contributed by atoms with Crippen LogP contribution in [0.2, 0.25) is 0 Å². The number of nitrogens with zero attached hydrogens (tertiary/aromatic N) is 1. The van der Waals surface area contributed by atoms with E-state index in [-0.39, 0.29) is 12.2 Å². The van der Waals surface area contributed by atoms with Gasteiger partial charge in [0.2, 0.25) is 0 Å². The van der Waals surface area contributed by atoms with Crippen molar-refractivity contribution in [1.29, 1.82) is 0 Å². The second-order valence-electron chi connectivity index (χ2n) is 2.64. The first-order valence-corrected chi connectivity index (χ1v) is 3.70. The van der Waals surface area contributed by atoms with Crippen LogP contribution < -0.4 is 11.4 Å². The van der Waals surface area contributed by atoms with Gasteiger partial charge in [-0.1, -0.05) is 0 Å². The van der Waals surface area contributed by atoms with Crippen molar-refractivity contribution in [1.82, 2.24) is 9.97 Å². The van der Waals surface area contributed by atoms with Crippen LogP contribution in [0.1, 0.15) is 17.0 Å². The Morgan fingerprint density at radius 2 is 2.42 bits per heavy atom. The van der Waals surface area contributed by atoms with Crippen molar-refractivity contribution >= 4 is 0 Å². The lowest BCUT2D eigenvalue weighted by molar-refractivity contribution is 0.133. The number of hydrogen-bond donors (Lipinski definition) is 2. The van der Waals surface area contributed by atoms with E-state index >= 15 is 0 Å². The maximum atomic E-state index is 10.9. The molecule has 3 N–H and O–H groups in total. The Kier molecular flexibility index (Phi) is 1.67. The van der Waals surface area contributed by atoms with Crippen LogP contribution in [0.3, 0.4) is 0 Å². The Morgan fingerprint density at radius 3 is 3.17 bits per heavy atom. The highest BCUT2D eigenvalue weighted by Gasteiger charge is 2.16. The van der Waals surface area contributed by atoms with Crippen LogP contribution in [-0.2, 0) is 24.5 Å². The summed E-state index contributed by atoms with van der Waals surface area (Å²) in [7, 11) is 0. The van der Waals surface area contributed by atoms with Crippen molar-refractivity contribution in [2.45, 2.75) is 19.8 Å². The van der Waals surface area contributed by atoms with E-state index in [1.807, 2.05) is 0 Å². The van der Waals surface area contributed by atoms with Gasteiger partial charge >= 0.3 is 5.69 Å². The third kappa shape index (κ3) is 1.03. The summed E-state index contributed by atoms with van der Waals surface area (Å²) in [6, 6.07) is 0. The molecular formula is C7H9N3O2. The van der Waals surface area contributed by atoms with Crippen molar-refractivity contribution < 1.29 is 4.74 Å². The smallest absolute Gasteiger partial charge is 0.345 e. The number of fused-ring (bicyclic) bond motifs is 1. The monoisotopic (exact) mass is 167 g/mol. The molecule has 0 fully saturated rings. The topological polar surface area (TPSA) is 81.0 Å². The summed E-state index contributed by atoms with van der Waals surface area (Å²) in [6.07, 6.45) is 0. The maximum absolute atomic E-state index is 10.9. The van der Waals surface area contributed by atoms with Crippen LogP contribution in [0.25, 0.3) is 0 Å². The second-order valence-corrected chi connectivity index (χ2v) is 2.64. The summed E-state index contributed by atoms with van der Waals surface area (Å²) in [5, 5.41) is 0. The molecule has 0 bridgehead atoms. The molecule has 0 spiro atoms. The van der Waals surface area contributed by atoms with Crippen molar-refractivity contribution in [3.8, 4) is 0 Å². The number of nitrogens with one attached hydrogen (secondary N) is 1. The van der Waals surface area contributed by atoms with E-state index in [0.717, 1.165) is 11.3 Å². The molecule has 2 rings (SSSR count). The molecule has 0 aromatic carbocycles. The molecule has 1 aliphatic heterocycles. The molecule has 0 saturated carbocycles. The fourth-order valence-corrected chi connectivity index (χ4v) is 1.31. The predicted octanol–water partition coefficient (Wildman–Crippen LogP) is -0.741. The lowest BCUT2D eigenvalue weighted by Gasteiger charge is -2.00. The van der Waals surface area contributed by atoms with Gasteiger partial charge in [-0.3, -0.25) is 0 Å². The van der Waals surface area contributed by atoms with Crippen LogP contribution in [0, 0.1) is 0 Å². The molecule has 12 heavy (non-hydrogen) atoms. The predicted molar refractivity (Wildman–Crippen MR) is 41.2 cm³/mol. The van der Waals surface area contributed by atoms with Crippen molar-refractivity contribution in [2.24, 2.45) is 5.73 Å². The minimum Gasteiger partial charge on any atom is -0.370 e. The zero-order valence-electron chi connectivity index (χ0n) is 6.46. The molecular weight excluding hydrogens is 158 g/mol. The highest BCUT2D eigenvalue weighted by Crippen LogP contribution is 2.17. The van der Waals surface area contributed by atoms with E-state index in [2.05, 4.69) is 9.97 Å². The lowest BCUT2D eigenvalue weighted by atomic mass is 10.2. The van der Waals surface area contributed by atoms with Gasteiger partial charge in [0.05, 0.1) is 24.6 Å². The Bertz CT molecular complexity index is 358. The third-order valence-corrected chi connectivity index (χ3v) is 1.89. The summed E-state index contributed by atoms with van der Waals surface area (Å²) in [6.45, 7) is 1.25. The molecule has 0 unspecified atom stereocenters. The van der Waals surface area contributed by atoms with Gasteiger partial charge in [0.15, 0.2) is 0 Å². The Labute approximate surface area is 68.6 Å². The first-order valence-electron chi connectivity index (χ1n) is 3.70. The first-order chi connectivity index (χ1) is 5.81. The molecule has 1 aromatic rings. The Morgan fingerprint density at radius 1 is 1.58 bits per heavy atom. The number of ether oxygens (including phenoxy) is 1. The zero-order valence-corrected chi connectivity index (χ0v) is 6.46. The fraction of sp³-hybridized carbons (Fsp3) is 0.429. The van der Waals surface area contributed by atoms with Crippen LogP contribution >= 0.6 is 0 Å². The number of H-pyrrole nitrogens is 1. The normalized spacial score (nSPS) is 14.8. The van der Waals surface area contributed by atoms with Gasteiger partial charge < -0.3 is 15.5 Å². The molecule has 0 saturated heterocycles. The van der Waals surface area contributed by atoms with E-state index < -0.39 is 0 Å². The molecule has 0 atom stereocenters. The van der Waals surface area contributed by atoms with Gasteiger partial charge in [-0.25, -0.2) is 4.79 Å². The zero-order chi connectivity index (χ0) is 8.55. The van der Waals surface area contributed by atoms with Gasteiger partial charge in [0.25, 0.3) is 0 Å². The van der Waals surface area contributed by atoms with Crippen molar-refractivity contribution in [3.63, 3.8) is 0 Å². The molecule has 5 heteroatoms. The number of nitrogens with two attached hydrogens (primary N) is 1. The van der Waals surface area contributed by atoms with Crippen LogP contribution in [0.15, 0.2) is 4.79 Å². The molecule has 5 nitrogen and oxygen atoms in total.